The summed E-state index contributed by atoms with van der Waals surface area (Å²) < 4.78 is 89.7. The summed E-state index contributed by atoms with van der Waals surface area (Å²) >= 11 is 0. The summed E-state index contributed by atoms with van der Waals surface area (Å²) in [4.78, 5) is 13.1. The van der Waals surface area contributed by atoms with E-state index >= 15 is 0 Å². The summed E-state index contributed by atoms with van der Waals surface area (Å²) in [5.41, 5.74) is 0.491. The van der Waals surface area contributed by atoms with Gasteiger partial charge in [-0.05, 0) is 112 Å². The van der Waals surface area contributed by atoms with E-state index in [-0.39, 0.29) is 83.2 Å². The second kappa shape index (κ2) is 24.8. The van der Waals surface area contributed by atoms with Gasteiger partial charge in [-0.15, -0.1) is 0 Å². The van der Waals surface area contributed by atoms with Crippen LogP contribution < -0.4 is 29.6 Å². The van der Waals surface area contributed by atoms with Crippen LogP contribution >= 0.6 is 0 Å². The largest absolute Gasteiger partial charge is 1.00 e. The summed E-state index contributed by atoms with van der Waals surface area (Å²) in [7, 11) is -5.08. The molecule has 24 unspecified atom stereocenters. The van der Waals surface area contributed by atoms with Crippen LogP contribution in [0, 0.1) is 46.3 Å². The molecule has 3 saturated carbocycles. The number of allylic oxidation sites excluding steroid dienone is 2. The van der Waals surface area contributed by atoms with E-state index in [0.717, 1.165) is 19.3 Å². The van der Waals surface area contributed by atoms with Crippen molar-refractivity contribution in [3.63, 3.8) is 0 Å². The van der Waals surface area contributed by atoms with E-state index in [9.17, 15) is 68.8 Å². The zero-order valence-electron chi connectivity index (χ0n) is 45.0. The van der Waals surface area contributed by atoms with Crippen molar-refractivity contribution in [3.05, 3.63) is 11.6 Å². The Morgan fingerprint density at radius 1 is 0.671 bits per heavy atom. The Kier molecular flexibility index (Phi) is 20.6. The minimum atomic E-state index is -5.08. The molecule has 0 radical (unpaired) electrons. The Bertz CT molecular complexity index is 2110. The molecule has 0 aromatic heterocycles. The number of hydrogen-bond donors (Lipinski definition) is 10. The van der Waals surface area contributed by atoms with Crippen molar-refractivity contribution in [3.8, 4) is 0 Å². The fraction of sp³-hybridized carbons (Fsp3) is 0.941. The van der Waals surface area contributed by atoms with E-state index in [1.807, 2.05) is 13.8 Å². The van der Waals surface area contributed by atoms with Crippen LogP contribution in [0.1, 0.15) is 113 Å². The Hall–Kier alpha value is -0.440. The van der Waals surface area contributed by atoms with Gasteiger partial charge < -0.3 is 93.5 Å². The van der Waals surface area contributed by atoms with Crippen molar-refractivity contribution in [1.82, 2.24) is 0 Å². The fourth-order valence-electron chi connectivity index (χ4n) is 14.6. The third-order valence-electron chi connectivity index (χ3n) is 18.5. The van der Waals surface area contributed by atoms with E-state index in [4.69, 9.17) is 42.1 Å². The van der Waals surface area contributed by atoms with Crippen molar-refractivity contribution in [2.45, 2.75) is 248 Å². The van der Waals surface area contributed by atoms with Gasteiger partial charge in [0.05, 0.1) is 37.1 Å². The number of ketones is 1. The summed E-state index contributed by atoms with van der Waals surface area (Å²) in [5, 5.41) is 110. The average Bonchev–Trinajstić information content (AvgIpc) is 3.70. The van der Waals surface area contributed by atoms with Crippen molar-refractivity contribution < 1.29 is 140 Å². The van der Waals surface area contributed by atoms with Crippen molar-refractivity contribution >= 4 is 16.2 Å². The second-order valence-electron chi connectivity index (χ2n) is 24.0. The third-order valence-corrected chi connectivity index (χ3v) is 19.1. The van der Waals surface area contributed by atoms with Crippen molar-refractivity contribution in [2.24, 2.45) is 46.3 Å². The summed E-state index contributed by atoms with van der Waals surface area (Å²) in [5.74, 6) is 0.626. The van der Waals surface area contributed by atoms with Gasteiger partial charge in [0.1, 0.15) is 85.1 Å². The Labute approximate surface area is 467 Å². The van der Waals surface area contributed by atoms with E-state index < -0.39 is 163 Å². The topological polar surface area (TPSA) is 360 Å². The Balaban J connectivity index is 0.00000840. The molecular formula is C51H83NaO23S. The minimum Gasteiger partial charge on any atom is -0.726 e. The van der Waals surface area contributed by atoms with Gasteiger partial charge in [0, 0.05) is 12.8 Å². The SMILES string of the molecule is CC(C)CC(=O)CC(C)[C@H]1CCC2C3C[C@H](OC4OC(CO)C(OC5OC(C)C(OC6OC(C)C(O)C(O)C6O)C(O)C5OC5OC(C)C(O)C(O)C5O)C(O)C4O)C4C[C@@H](OS(=O)(=O)[O-])CC[C@]4(C)C3=CC[C@@]21C.[Na+]. The molecule has 0 aromatic rings. The molecule has 8 aliphatic rings. The maximum absolute atomic E-state index is 13.1. The second-order valence-corrected chi connectivity index (χ2v) is 25.0. The molecule has 10 N–H and O–H groups in total. The number of carbonyl (C=O) groups is 1. The molecule has 29 atom stereocenters. The van der Waals surface area contributed by atoms with E-state index in [2.05, 4.69) is 26.8 Å². The maximum atomic E-state index is 13.1. The maximum Gasteiger partial charge on any atom is 1.00 e. The van der Waals surface area contributed by atoms with E-state index in [1.54, 1.807) is 0 Å². The number of aliphatic hydroxyl groups is 10. The molecule has 23 nitrogen and oxygen atoms in total. The number of hydrogen-bond acceptors (Lipinski definition) is 23. The van der Waals surface area contributed by atoms with Gasteiger partial charge in [0.2, 0.25) is 10.4 Å². The molecule has 4 aliphatic carbocycles. The van der Waals surface area contributed by atoms with Gasteiger partial charge in [-0.2, -0.15) is 0 Å². The zero-order valence-corrected chi connectivity index (χ0v) is 47.8. The van der Waals surface area contributed by atoms with Crippen LogP contribution in [0.2, 0.25) is 0 Å². The van der Waals surface area contributed by atoms with Crippen LogP contribution in [-0.4, -0.2) is 211 Å². The Morgan fingerprint density at radius 3 is 1.80 bits per heavy atom. The molecule has 25 heteroatoms. The molecule has 76 heavy (non-hydrogen) atoms. The van der Waals surface area contributed by atoms with Crippen LogP contribution in [0.15, 0.2) is 11.6 Å². The van der Waals surface area contributed by atoms with E-state index in [1.165, 1.54) is 26.3 Å². The van der Waals surface area contributed by atoms with E-state index in [0.29, 0.717) is 25.7 Å². The molecule has 432 valence electrons. The molecule has 4 heterocycles. The van der Waals surface area contributed by atoms with Crippen molar-refractivity contribution in [2.75, 3.05) is 6.61 Å². The van der Waals surface area contributed by atoms with Gasteiger partial charge in [-0.25, -0.2) is 8.42 Å². The first kappa shape index (κ1) is 63.1. The van der Waals surface area contributed by atoms with Gasteiger partial charge in [-0.1, -0.05) is 46.3 Å². The minimum absolute atomic E-state index is 0. The van der Waals surface area contributed by atoms with Crippen LogP contribution in [0.5, 0.6) is 0 Å². The number of rotatable bonds is 16. The summed E-state index contributed by atoms with van der Waals surface area (Å²) in [6.45, 7) is 14.1. The number of carbonyl (C=O) groups excluding carboxylic acids is 1. The fourth-order valence-corrected chi connectivity index (χ4v) is 15.1. The van der Waals surface area contributed by atoms with Crippen LogP contribution in [0.4, 0.5) is 0 Å². The van der Waals surface area contributed by atoms with Gasteiger partial charge in [-0.3, -0.25) is 8.98 Å². The first-order chi connectivity index (χ1) is 35.1. The van der Waals surface area contributed by atoms with Crippen molar-refractivity contribution in [1.29, 1.82) is 0 Å². The molecule has 0 aromatic carbocycles. The predicted octanol–water partition coefficient (Wildman–Crippen LogP) is -3.59. The smallest absolute Gasteiger partial charge is 0.726 e. The normalized spacial score (nSPS) is 50.2. The number of fused-ring (bicyclic) bond motifs is 5. The average molecular weight is 1120 g/mol. The number of aliphatic hydroxyl groups excluding tert-OH is 10. The molecule has 7 fully saturated rings. The molecule has 0 spiro atoms. The van der Waals surface area contributed by atoms with Gasteiger partial charge in [0.15, 0.2) is 25.2 Å². The van der Waals surface area contributed by atoms with Gasteiger partial charge >= 0.3 is 29.6 Å². The standard InChI is InChI=1S/C51H84O23S.Na/c1-20(2)15-25(53)16-21(3)28-9-10-29-27-18-32(31-17-26(74-75(63,64)65)11-13-51(31,8)30(27)12-14-50(28,29)7)69-48-41(61)38(58)44(33(19-52)70-48)72-49-45(73-47-40(60)37(57)35(55)23(5)67-47)42(62)43(24(6)68-49)71-46-39(59)36(56)34(54)22(4)66-46;/h12,20-24,26-29,31-49,52,54-62H,9-11,13-19H2,1-8H3,(H,63,64,65);/q;+1/p-1/t21?,22?,23?,24?,26-,27?,28+,29?,31?,32-,33?,34?,35?,36?,37?,38?,39?,40?,41?,42?,43?,44?,45?,46?,47?,48?,49?,50+,51+;/m0./s1. The molecular weight excluding hydrogens is 1040 g/mol. The van der Waals surface area contributed by atoms with Crippen LogP contribution in [0.25, 0.3) is 0 Å². The zero-order chi connectivity index (χ0) is 55.0. The number of ether oxygens (including phenoxy) is 8. The predicted molar refractivity (Wildman–Crippen MR) is 256 cm³/mol. The first-order valence-electron chi connectivity index (χ1n) is 26.9. The molecule has 0 bridgehead atoms. The van der Waals surface area contributed by atoms with Crippen LogP contribution in [0.3, 0.4) is 0 Å². The Morgan fingerprint density at radius 2 is 1.22 bits per heavy atom. The third kappa shape index (κ3) is 12.6. The molecule has 8 rings (SSSR count). The first-order valence-corrected chi connectivity index (χ1v) is 28.2. The van der Waals surface area contributed by atoms with Crippen LogP contribution in [-0.2, 0) is 57.3 Å². The molecule has 4 aliphatic heterocycles. The molecule has 4 saturated heterocycles. The van der Waals surface area contributed by atoms with Gasteiger partial charge in [0.25, 0.3) is 0 Å². The molecule has 0 amide bonds. The number of Topliss-reactive ketones (excluding diaryl/α,β-unsaturated/α-hetero) is 1. The summed E-state index contributed by atoms with van der Waals surface area (Å²) in [6, 6.07) is 0. The summed E-state index contributed by atoms with van der Waals surface area (Å²) in [6.07, 6.45) is -26.8. The quantitative estimate of drug-likeness (QED) is 0.0309. The monoisotopic (exact) mass is 1120 g/mol.